The molecule has 1 heterocycles. The minimum Gasteiger partial charge on any atom is -0.377 e. The summed E-state index contributed by atoms with van der Waals surface area (Å²) in [6, 6.07) is 12.0. The van der Waals surface area contributed by atoms with Gasteiger partial charge in [0, 0.05) is 22.1 Å². The van der Waals surface area contributed by atoms with Crippen LogP contribution in [0.25, 0.3) is 0 Å². The SMILES string of the molecule is Cc1ccc([N+](=O)[O-])c2c1N[C@H](c1ccc(Br)cc1)[C@H]1CC=C[C@@H]21. The van der Waals surface area contributed by atoms with Crippen LogP contribution in [0.5, 0.6) is 0 Å². The first kappa shape index (κ1) is 15.4. The molecular formula is C19H17BrN2O2. The molecule has 0 aromatic heterocycles. The molecule has 3 atom stereocenters. The number of anilines is 1. The first-order valence-electron chi connectivity index (χ1n) is 8.03. The van der Waals surface area contributed by atoms with Gasteiger partial charge in [0.25, 0.3) is 5.69 Å². The average Bonchev–Trinajstić information content (AvgIpc) is 3.05. The van der Waals surface area contributed by atoms with Crippen molar-refractivity contribution in [2.24, 2.45) is 5.92 Å². The van der Waals surface area contributed by atoms with Gasteiger partial charge in [-0.05, 0) is 42.5 Å². The zero-order valence-electron chi connectivity index (χ0n) is 13.2. The highest BCUT2D eigenvalue weighted by Crippen LogP contribution is 2.53. The van der Waals surface area contributed by atoms with E-state index in [0.29, 0.717) is 5.92 Å². The predicted molar refractivity (Wildman–Crippen MR) is 98.3 cm³/mol. The number of aryl methyl sites for hydroxylation is 1. The molecule has 5 heteroatoms. The molecule has 2 aliphatic rings. The van der Waals surface area contributed by atoms with Crippen LogP contribution in [0.2, 0.25) is 0 Å². The van der Waals surface area contributed by atoms with Crippen LogP contribution in [0, 0.1) is 23.0 Å². The number of rotatable bonds is 2. The summed E-state index contributed by atoms with van der Waals surface area (Å²) in [5.41, 5.74) is 4.25. The molecule has 0 amide bonds. The zero-order chi connectivity index (χ0) is 16.8. The standard InChI is InChI=1S/C19H17BrN2O2/c1-11-5-10-16(22(23)24)17-14-3-2-4-15(14)19(21-18(11)17)12-6-8-13(20)9-7-12/h2-3,5-10,14-15,19,21H,4H2,1H3/t14-,15+,19-/m1/s1. The molecule has 0 saturated carbocycles. The lowest BCUT2D eigenvalue weighted by molar-refractivity contribution is -0.385. The van der Waals surface area contributed by atoms with Gasteiger partial charge in [0.2, 0.25) is 0 Å². The third-order valence-electron chi connectivity index (χ3n) is 5.13. The number of fused-ring (bicyclic) bond motifs is 3. The molecule has 0 bridgehead atoms. The van der Waals surface area contributed by atoms with Crippen LogP contribution < -0.4 is 5.32 Å². The van der Waals surface area contributed by atoms with Crippen molar-refractivity contribution >= 4 is 27.3 Å². The normalized spacial score (nSPS) is 24.2. The average molecular weight is 385 g/mol. The van der Waals surface area contributed by atoms with Crippen LogP contribution >= 0.6 is 15.9 Å². The summed E-state index contributed by atoms with van der Waals surface area (Å²) >= 11 is 3.48. The lowest BCUT2D eigenvalue weighted by Gasteiger charge is -2.38. The van der Waals surface area contributed by atoms with Gasteiger partial charge >= 0.3 is 0 Å². The highest BCUT2D eigenvalue weighted by Gasteiger charge is 2.42. The Labute approximate surface area is 148 Å². The van der Waals surface area contributed by atoms with Gasteiger partial charge in [0.1, 0.15) is 0 Å². The number of nitro benzene ring substituents is 1. The Morgan fingerprint density at radius 3 is 2.67 bits per heavy atom. The number of nitro groups is 1. The van der Waals surface area contributed by atoms with Crippen molar-refractivity contribution < 1.29 is 4.92 Å². The van der Waals surface area contributed by atoms with E-state index >= 15 is 0 Å². The Morgan fingerprint density at radius 2 is 1.96 bits per heavy atom. The second-order valence-corrected chi connectivity index (χ2v) is 7.39. The van der Waals surface area contributed by atoms with Gasteiger partial charge in [0.15, 0.2) is 0 Å². The number of halogens is 1. The molecule has 4 rings (SSSR count). The van der Waals surface area contributed by atoms with Crippen LogP contribution in [0.15, 0.2) is 53.0 Å². The fraction of sp³-hybridized carbons (Fsp3) is 0.263. The maximum atomic E-state index is 11.5. The maximum Gasteiger partial charge on any atom is 0.275 e. The molecule has 0 spiro atoms. The first-order chi connectivity index (χ1) is 11.6. The van der Waals surface area contributed by atoms with Crippen LogP contribution in [0.4, 0.5) is 11.4 Å². The van der Waals surface area contributed by atoms with E-state index in [-0.39, 0.29) is 22.6 Å². The van der Waals surface area contributed by atoms with Crippen LogP contribution in [0.1, 0.15) is 35.1 Å². The van der Waals surface area contributed by atoms with Crippen LogP contribution in [-0.4, -0.2) is 4.92 Å². The Hall–Kier alpha value is -2.14. The van der Waals surface area contributed by atoms with E-state index < -0.39 is 0 Å². The van der Waals surface area contributed by atoms with Gasteiger partial charge in [0.05, 0.1) is 16.5 Å². The number of nitrogens with one attached hydrogen (secondary N) is 1. The Kier molecular flexibility index (Phi) is 3.68. The number of hydrogen-bond acceptors (Lipinski definition) is 3. The third-order valence-corrected chi connectivity index (χ3v) is 5.66. The lowest BCUT2D eigenvalue weighted by Crippen LogP contribution is -2.30. The fourth-order valence-corrected chi connectivity index (χ4v) is 4.26. The molecule has 2 aromatic rings. The lowest BCUT2D eigenvalue weighted by atomic mass is 9.76. The van der Waals surface area contributed by atoms with Crippen molar-refractivity contribution in [3.8, 4) is 0 Å². The van der Waals surface area contributed by atoms with E-state index in [1.807, 2.05) is 25.1 Å². The first-order valence-corrected chi connectivity index (χ1v) is 8.82. The fourth-order valence-electron chi connectivity index (χ4n) is 3.99. The Bertz CT molecular complexity index is 845. The quantitative estimate of drug-likeness (QED) is 0.422. The number of nitrogens with zero attached hydrogens (tertiary/aromatic N) is 1. The summed E-state index contributed by atoms with van der Waals surface area (Å²) < 4.78 is 1.05. The maximum absolute atomic E-state index is 11.5. The summed E-state index contributed by atoms with van der Waals surface area (Å²) in [6.07, 6.45) is 5.23. The molecule has 1 aliphatic carbocycles. The van der Waals surface area contributed by atoms with Gasteiger partial charge in [-0.15, -0.1) is 0 Å². The highest BCUT2D eigenvalue weighted by atomic mass is 79.9. The van der Waals surface area contributed by atoms with Gasteiger partial charge in [-0.1, -0.05) is 46.3 Å². The monoisotopic (exact) mass is 384 g/mol. The van der Waals surface area contributed by atoms with Gasteiger partial charge < -0.3 is 5.32 Å². The van der Waals surface area contributed by atoms with E-state index in [1.54, 1.807) is 6.07 Å². The van der Waals surface area contributed by atoms with Crippen LogP contribution in [-0.2, 0) is 0 Å². The van der Waals surface area contributed by atoms with E-state index in [0.717, 1.165) is 27.7 Å². The third kappa shape index (κ3) is 2.35. The summed E-state index contributed by atoms with van der Waals surface area (Å²) in [7, 11) is 0. The molecule has 2 aromatic carbocycles. The molecule has 0 saturated heterocycles. The molecule has 4 nitrogen and oxygen atoms in total. The van der Waals surface area contributed by atoms with Crippen molar-refractivity contribution in [1.82, 2.24) is 0 Å². The molecule has 1 N–H and O–H groups in total. The van der Waals surface area contributed by atoms with Gasteiger partial charge in [-0.3, -0.25) is 10.1 Å². The predicted octanol–water partition coefficient (Wildman–Crippen LogP) is 5.49. The van der Waals surface area contributed by atoms with Crippen LogP contribution in [0.3, 0.4) is 0 Å². The molecule has 0 radical (unpaired) electrons. The van der Waals surface area contributed by atoms with E-state index in [9.17, 15) is 10.1 Å². The smallest absolute Gasteiger partial charge is 0.275 e. The van der Waals surface area contributed by atoms with Crippen molar-refractivity contribution in [3.63, 3.8) is 0 Å². The number of allylic oxidation sites excluding steroid dienone is 2. The van der Waals surface area contributed by atoms with E-state index in [1.165, 1.54) is 5.56 Å². The molecular weight excluding hydrogens is 368 g/mol. The summed E-state index contributed by atoms with van der Waals surface area (Å²) in [4.78, 5) is 11.2. The van der Waals surface area contributed by atoms with Gasteiger partial charge in [-0.25, -0.2) is 0 Å². The van der Waals surface area contributed by atoms with Crippen molar-refractivity contribution in [2.75, 3.05) is 5.32 Å². The second kappa shape index (κ2) is 5.74. The summed E-state index contributed by atoms with van der Waals surface area (Å²) in [5, 5.41) is 15.1. The van der Waals surface area contributed by atoms with Crippen molar-refractivity contribution in [2.45, 2.75) is 25.3 Å². The largest absolute Gasteiger partial charge is 0.377 e. The van der Waals surface area contributed by atoms with Crippen molar-refractivity contribution in [1.29, 1.82) is 0 Å². The molecule has 122 valence electrons. The number of benzene rings is 2. The number of hydrogen-bond donors (Lipinski definition) is 1. The van der Waals surface area contributed by atoms with Crippen molar-refractivity contribution in [3.05, 3.63) is 79.8 Å². The molecule has 0 unspecified atom stereocenters. The van der Waals surface area contributed by atoms with E-state index in [4.69, 9.17) is 0 Å². The minimum absolute atomic E-state index is 0.0928. The Morgan fingerprint density at radius 1 is 1.21 bits per heavy atom. The minimum atomic E-state index is -0.261. The summed E-state index contributed by atoms with van der Waals surface area (Å²) in [6.45, 7) is 2.01. The molecule has 24 heavy (non-hydrogen) atoms. The highest BCUT2D eigenvalue weighted by molar-refractivity contribution is 9.10. The van der Waals surface area contributed by atoms with Gasteiger partial charge in [-0.2, -0.15) is 0 Å². The zero-order valence-corrected chi connectivity index (χ0v) is 14.8. The molecule has 0 fully saturated rings. The topological polar surface area (TPSA) is 55.2 Å². The second-order valence-electron chi connectivity index (χ2n) is 6.47. The van der Waals surface area contributed by atoms with E-state index in [2.05, 4.69) is 45.5 Å². The molecule has 1 aliphatic heterocycles. The summed E-state index contributed by atoms with van der Waals surface area (Å²) in [5.74, 6) is 0.398. The Balaban J connectivity index is 1.86.